The normalized spacial score (nSPS) is 10.1. The molecule has 3 heteroatoms. The van der Waals surface area contributed by atoms with Crippen molar-refractivity contribution in [3.05, 3.63) is 0 Å². The number of nitrogens with zero attached hydrogens (tertiary/aromatic N) is 1. The number of carbonyl (C=O) groups is 1. The molecule has 0 saturated carbocycles. The summed E-state index contributed by atoms with van der Waals surface area (Å²) >= 11 is 0. The molecule has 0 bridgehead atoms. The van der Waals surface area contributed by atoms with Gasteiger partial charge in [-0.25, -0.2) is 0 Å². The van der Waals surface area contributed by atoms with Crippen molar-refractivity contribution in [3.63, 3.8) is 0 Å². The maximum atomic E-state index is 9.87. The molecule has 0 unspecified atom stereocenters. The zero-order valence-electron chi connectivity index (χ0n) is 5.71. The number of aliphatic hydroxyl groups is 1. The molecule has 0 aliphatic heterocycles. The second kappa shape index (κ2) is 5.72. The lowest BCUT2D eigenvalue weighted by atomic mass is 10.4. The minimum absolute atomic E-state index is 0.198. The van der Waals surface area contributed by atoms with Crippen LogP contribution in [0.4, 0.5) is 0 Å². The van der Waals surface area contributed by atoms with Gasteiger partial charge in [0.2, 0.25) is 0 Å². The molecule has 0 rings (SSSR count). The Morgan fingerprint density at radius 1 is 1.67 bits per heavy atom. The van der Waals surface area contributed by atoms with Crippen LogP contribution in [-0.4, -0.2) is 43.0 Å². The van der Waals surface area contributed by atoms with Crippen LogP contribution >= 0.6 is 0 Å². The van der Waals surface area contributed by atoms with Gasteiger partial charge in [0.15, 0.2) is 0 Å². The molecule has 0 aliphatic carbocycles. The molecular formula is C6H13NO2. The van der Waals surface area contributed by atoms with Gasteiger partial charge in [0.05, 0.1) is 6.54 Å². The highest BCUT2D eigenvalue weighted by Crippen LogP contribution is 1.82. The van der Waals surface area contributed by atoms with E-state index in [1.165, 1.54) is 0 Å². The van der Waals surface area contributed by atoms with E-state index in [0.29, 0.717) is 6.54 Å². The first kappa shape index (κ1) is 8.59. The minimum atomic E-state index is 0.198. The molecule has 0 heterocycles. The van der Waals surface area contributed by atoms with E-state index in [-0.39, 0.29) is 6.61 Å². The van der Waals surface area contributed by atoms with Gasteiger partial charge in [0, 0.05) is 13.2 Å². The van der Waals surface area contributed by atoms with Crippen molar-refractivity contribution in [1.29, 1.82) is 0 Å². The van der Waals surface area contributed by atoms with E-state index in [4.69, 9.17) is 5.11 Å². The SMILES string of the molecule is CN(CC=O)CCCO. The van der Waals surface area contributed by atoms with Crippen molar-refractivity contribution in [1.82, 2.24) is 4.90 Å². The van der Waals surface area contributed by atoms with Crippen LogP contribution in [0, 0.1) is 0 Å². The van der Waals surface area contributed by atoms with Crippen LogP contribution in [0.25, 0.3) is 0 Å². The van der Waals surface area contributed by atoms with Gasteiger partial charge in [0.25, 0.3) is 0 Å². The molecule has 0 saturated heterocycles. The van der Waals surface area contributed by atoms with Crippen molar-refractivity contribution in [3.8, 4) is 0 Å². The third-order valence-corrected chi connectivity index (χ3v) is 1.08. The molecule has 0 aliphatic rings. The van der Waals surface area contributed by atoms with E-state index in [1.807, 2.05) is 11.9 Å². The largest absolute Gasteiger partial charge is 0.396 e. The van der Waals surface area contributed by atoms with Gasteiger partial charge in [-0.3, -0.25) is 4.90 Å². The highest BCUT2D eigenvalue weighted by atomic mass is 16.3. The van der Waals surface area contributed by atoms with Crippen LogP contribution in [0.5, 0.6) is 0 Å². The third-order valence-electron chi connectivity index (χ3n) is 1.08. The fourth-order valence-electron chi connectivity index (χ4n) is 0.559. The van der Waals surface area contributed by atoms with Crippen LogP contribution in [0.15, 0.2) is 0 Å². The Labute approximate surface area is 55.3 Å². The lowest BCUT2D eigenvalue weighted by Gasteiger charge is -2.10. The summed E-state index contributed by atoms with van der Waals surface area (Å²) in [5, 5.41) is 8.37. The van der Waals surface area contributed by atoms with Gasteiger partial charge in [-0.05, 0) is 13.5 Å². The minimum Gasteiger partial charge on any atom is -0.396 e. The zero-order valence-corrected chi connectivity index (χ0v) is 5.71. The van der Waals surface area contributed by atoms with E-state index in [0.717, 1.165) is 19.3 Å². The number of aldehydes is 1. The van der Waals surface area contributed by atoms with Gasteiger partial charge < -0.3 is 9.90 Å². The van der Waals surface area contributed by atoms with Crippen molar-refractivity contribution < 1.29 is 9.90 Å². The number of hydrogen-bond donors (Lipinski definition) is 1. The molecule has 0 fully saturated rings. The molecule has 0 radical (unpaired) electrons. The highest BCUT2D eigenvalue weighted by Gasteiger charge is 1.93. The number of aliphatic hydroxyl groups excluding tert-OH is 1. The Kier molecular flexibility index (Phi) is 5.46. The molecule has 0 atom stereocenters. The van der Waals surface area contributed by atoms with Crippen LogP contribution in [0.3, 0.4) is 0 Å². The molecule has 0 spiro atoms. The quantitative estimate of drug-likeness (QED) is 0.511. The molecule has 0 aromatic rings. The van der Waals surface area contributed by atoms with Crippen molar-refractivity contribution in [2.45, 2.75) is 6.42 Å². The average molecular weight is 131 g/mol. The van der Waals surface area contributed by atoms with Crippen LogP contribution < -0.4 is 0 Å². The summed E-state index contributed by atoms with van der Waals surface area (Å²) < 4.78 is 0. The van der Waals surface area contributed by atoms with Crippen molar-refractivity contribution >= 4 is 6.29 Å². The van der Waals surface area contributed by atoms with Crippen molar-refractivity contribution in [2.24, 2.45) is 0 Å². The van der Waals surface area contributed by atoms with Crippen LogP contribution in [-0.2, 0) is 4.79 Å². The Balaban J connectivity index is 3.04. The molecule has 0 aromatic carbocycles. The second-order valence-electron chi connectivity index (χ2n) is 2.01. The molecule has 54 valence electrons. The van der Waals surface area contributed by atoms with E-state index >= 15 is 0 Å². The highest BCUT2D eigenvalue weighted by molar-refractivity contribution is 5.51. The third kappa shape index (κ3) is 5.46. The van der Waals surface area contributed by atoms with E-state index in [1.54, 1.807) is 0 Å². The standard InChI is InChI=1S/C6H13NO2/c1-7(4-6-9)3-2-5-8/h6,8H,2-5H2,1H3. The lowest BCUT2D eigenvalue weighted by Crippen LogP contribution is -2.22. The van der Waals surface area contributed by atoms with Gasteiger partial charge >= 0.3 is 0 Å². The molecule has 0 amide bonds. The Bertz CT molecular complexity index is 75.5. The molecule has 9 heavy (non-hydrogen) atoms. The predicted molar refractivity (Wildman–Crippen MR) is 35.3 cm³/mol. The summed E-state index contributed by atoms with van der Waals surface area (Å²) in [6.45, 7) is 1.44. The summed E-state index contributed by atoms with van der Waals surface area (Å²) in [5.74, 6) is 0. The smallest absolute Gasteiger partial charge is 0.133 e. The van der Waals surface area contributed by atoms with E-state index in [2.05, 4.69) is 0 Å². The van der Waals surface area contributed by atoms with Crippen LogP contribution in [0.1, 0.15) is 6.42 Å². The molecule has 3 nitrogen and oxygen atoms in total. The monoisotopic (exact) mass is 131 g/mol. The summed E-state index contributed by atoms with van der Waals surface area (Å²) in [6, 6.07) is 0. The van der Waals surface area contributed by atoms with Gasteiger partial charge in [-0.15, -0.1) is 0 Å². The fourth-order valence-corrected chi connectivity index (χ4v) is 0.559. The maximum absolute atomic E-state index is 9.87. The summed E-state index contributed by atoms with van der Waals surface area (Å²) in [6.07, 6.45) is 1.60. The van der Waals surface area contributed by atoms with Crippen LogP contribution in [0.2, 0.25) is 0 Å². The summed E-state index contributed by atoms with van der Waals surface area (Å²) in [7, 11) is 1.85. The first-order valence-corrected chi connectivity index (χ1v) is 3.04. The van der Waals surface area contributed by atoms with E-state index in [9.17, 15) is 4.79 Å². The second-order valence-corrected chi connectivity index (χ2v) is 2.01. The first-order chi connectivity index (χ1) is 4.31. The van der Waals surface area contributed by atoms with Crippen molar-refractivity contribution in [2.75, 3.05) is 26.7 Å². The van der Waals surface area contributed by atoms with Gasteiger partial charge in [-0.2, -0.15) is 0 Å². The maximum Gasteiger partial charge on any atom is 0.133 e. The molecule has 0 aromatic heterocycles. The average Bonchev–Trinajstić information content (AvgIpc) is 1.85. The predicted octanol–water partition coefficient (Wildman–Crippen LogP) is -0.501. The lowest BCUT2D eigenvalue weighted by molar-refractivity contribution is -0.108. The van der Waals surface area contributed by atoms with E-state index < -0.39 is 0 Å². The summed E-state index contributed by atoms with van der Waals surface area (Å²) in [5.41, 5.74) is 0. The Hall–Kier alpha value is -0.410. The zero-order chi connectivity index (χ0) is 7.11. The Morgan fingerprint density at radius 3 is 2.78 bits per heavy atom. The molecule has 1 N–H and O–H groups in total. The summed E-state index contributed by atoms with van der Waals surface area (Å²) in [4.78, 5) is 11.7. The van der Waals surface area contributed by atoms with Gasteiger partial charge in [-0.1, -0.05) is 0 Å². The first-order valence-electron chi connectivity index (χ1n) is 3.04. The Morgan fingerprint density at radius 2 is 2.33 bits per heavy atom. The number of hydrogen-bond acceptors (Lipinski definition) is 3. The number of rotatable bonds is 5. The fraction of sp³-hybridized carbons (Fsp3) is 0.833. The number of carbonyl (C=O) groups excluding carboxylic acids is 1. The molecular weight excluding hydrogens is 118 g/mol. The number of likely N-dealkylation sites (N-methyl/N-ethyl adjacent to an activating group) is 1. The topological polar surface area (TPSA) is 40.5 Å². The van der Waals surface area contributed by atoms with Gasteiger partial charge in [0.1, 0.15) is 6.29 Å².